The van der Waals surface area contributed by atoms with E-state index in [0.717, 1.165) is 6.42 Å². The van der Waals surface area contributed by atoms with Gasteiger partial charge in [-0.25, -0.2) is 0 Å². The largest absolute Gasteiger partial charge is 0.330 e. The Morgan fingerprint density at radius 3 is 2.50 bits per heavy atom. The summed E-state index contributed by atoms with van der Waals surface area (Å²) in [5, 5.41) is 0. The van der Waals surface area contributed by atoms with Gasteiger partial charge in [0.05, 0.1) is 6.67 Å². The maximum Gasteiger partial charge on any atom is 0.0897 e. The fourth-order valence-electron chi connectivity index (χ4n) is 0.615. The molecule has 0 aliphatic heterocycles. The monoisotopic (exact) mass is 119 g/mol. The summed E-state index contributed by atoms with van der Waals surface area (Å²) in [7, 11) is 0. The summed E-state index contributed by atoms with van der Waals surface area (Å²) < 4.78 is 11.5. The second-order valence-electron chi connectivity index (χ2n) is 2.16. The fourth-order valence-corrected chi connectivity index (χ4v) is 0.615. The van der Waals surface area contributed by atoms with E-state index in [4.69, 9.17) is 5.73 Å². The Bertz CT molecular complexity index is 41.8. The van der Waals surface area contributed by atoms with Crippen LogP contribution in [0.4, 0.5) is 4.39 Å². The van der Waals surface area contributed by atoms with Crippen LogP contribution in [0.25, 0.3) is 0 Å². The Morgan fingerprint density at radius 2 is 2.12 bits per heavy atom. The molecule has 0 bridgehead atoms. The van der Waals surface area contributed by atoms with Crippen LogP contribution in [-0.2, 0) is 0 Å². The zero-order chi connectivity index (χ0) is 6.41. The number of hydrogen-bond acceptors (Lipinski definition) is 1. The first-order chi connectivity index (χ1) is 3.81. The third-order valence-electron chi connectivity index (χ3n) is 1.26. The van der Waals surface area contributed by atoms with Crippen molar-refractivity contribution in [3.8, 4) is 0 Å². The van der Waals surface area contributed by atoms with Crippen molar-refractivity contribution in [2.45, 2.75) is 19.8 Å². The standard InChI is InChI=1S/C6H14FN/c1-6(2-4-7)3-5-8/h6H,2-5,8H2,1H3. The van der Waals surface area contributed by atoms with Crippen LogP contribution in [-0.4, -0.2) is 13.2 Å². The van der Waals surface area contributed by atoms with Gasteiger partial charge in [0.2, 0.25) is 0 Å². The lowest BCUT2D eigenvalue weighted by Crippen LogP contribution is -2.05. The summed E-state index contributed by atoms with van der Waals surface area (Å²) in [5.41, 5.74) is 5.24. The minimum atomic E-state index is -0.207. The number of halogens is 1. The molecule has 1 nitrogen and oxygen atoms in total. The van der Waals surface area contributed by atoms with Gasteiger partial charge in [0.25, 0.3) is 0 Å². The number of nitrogens with two attached hydrogens (primary N) is 1. The fraction of sp³-hybridized carbons (Fsp3) is 1.00. The molecule has 2 heteroatoms. The minimum absolute atomic E-state index is 0.207. The molecule has 8 heavy (non-hydrogen) atoms. The van der Waals surface area contributed by atoms with Gasteiger partial charge in [-0.3, -0.25) is 4.39 Å². The van der Waals surface area contributed by atoms with Crippen molar-refractivity contribution in [1.82, 2.24) is 0 Å². The van der Waals surface area contributed by atoms with Gasteiger partial charge in [-0.1, -0.05) is 6.92 Å². The van der Waals surface area contributed by atoms with Crippen LogP contribution >= 0.6 is 0 Å². The summed E-state index contributed by atoms with van der Waals surface area (Å²) in [5.74, 6) is 0.463. The minimum Gasteiger partial charge on any atom is -0.330 e. The van der Waals surface area contributed by atoms with Gasteiger partial charge in [0.15, 0.2) is 0 Å². The molecule has 0 saturated carbocycles. The summed E-state index contributed by atoms with van der Waals surface area (Å²) in [6.07, 6.45) is 1.61. The maximum atomic E-state index is 11.5. The second-order valence-corrected chi connectivity index (χ2v) is 2.16. The Hall–Kier alpha value is -0.110. The van der Waals surface area contributed by atoms with E-state index in [-0.39, 0.29) is 6.67 Å². The molecule has 0 aromatic rings. The molecule has 1 atom stereocenters. The van der Waals surface area contributed by atoms with Gasteiger partial charge in [-0.05, 0) is 25.3 Å². The number of hydrogen-bond donors (Lipinski definition) is 1. The second kappa shape index (κ2) is 5.04. The zero-order valence-electron chi connectivity index (χ0n) is 5.36. The lowest BCUT2D eigenvalue weighted by Gasteiger charge is -2.04. The molecule has 0 heterocycles. The van der Waals surface area contributed by atoms with Crippen molar-refractivity contribution in [2.75, 3.05) is 13.2 Å². The van der Waals surface area contributed by atoms with Gasteiger partial charge in [-0.15, -0.1) is 0 Å². The van der Waals surface area contributed by atoms with Crippen LogP contribution in [0.15, 0.2) is 0 Å². The Kier molecular flexibility index (Phi) is 4.97. The highest BCUT2D eigenvalue weighted by atomic mass is 19.1. The van der Waals surface area contributed by atoms with Crippen molar-refractivity contribution in [1.29, 1.82) is 0 Å². The van der Waals surface area contributed by atoms with Crippen LogP contribution in [0.5, 0.6) is 0 Å². The van der Waals surface area contributed by atoms with Crippen molar-refractivity contribution in [3.63, 3.8) is 0 Å². The van der Waals surface area contributed by atoms with E-state index >= 15 is 0 Å². The summed E-state index contributed by atoms with van der Waals surface area (Å²) in [6, 6.07) is 0. The lowest BCUT2D eigenvalue weighted by molar-refractivity contribution is 0.392. The SMILES string of the molecule is CC(CCN)CCF. The highest BCUT2D eigenvalue weighted by Crippen LogP contribution is 2.04. The lowest BCUT2D eigenvalue weighted by atomic mass is 10.1. The predicted molar refractivity (Wildman–Crippen MR) is 33.4 cm³/mol. The van der Waals surface area contributed by atoms with Crippen molar-refractivity contribution < 1.29 is 4.39 Å². The molecule has 0 amide bonds. The Balaban J connectivity index is 2.92. The third-order valence-corrected chi connectivity index (χ3v) is 1.26. The highest BCUT2D eigenvalue weighted by molar-refractivity contribution is 4.51. The van der Waals surface area contributed by atoms with E-state index in [1.165, 1.54) is 0 Å². The average Bonchev–Trinajstić information content (AvgIpc) is 1.68. The first-order valence-corrected chi connectivity index (χ1v) is 3.07. The number of alkyl halides is 1. The molecule has 1 unspecified atom stereocenters. The summed E-state index contributed by atoms with van der Waals surface area (Å²) in [6.45, 7) is 2.49. The predicted octanol–water partition coefficient (Wildman–Crippen LogP) is 1.33. The summed E-state index contributed by atoms with van der Waals surface area (Å²) in [4.78, 5) is 0. The zero-order valence-corrected chi connectivity index (χ0v) is 5.36. The van der Waals surface area contributed by atoms with Crippen molar-refractivity contribution in [2.24, 2.45) is 11.7 Å². The molecule has 2 N–H and O–H groups in total. The molecule has 0 rings (SSSR count). The molecule has 0 spiro atoms. The van der Waals surface area contributed by atoms with E-state index in [2.05, 4.69) is 0 Å². The van der Waals surface area contributed by atoms with E-state index in [0.29, 0.717) is 18.9 Å². The van der Waals surface area contributed by atoms with Crippen LogP contribution < -0.4 is 5.73 Å². The molecule has 0 aliphatic rings. The quantitative estimate of drug-likeness (QED) is 0.593. The van der Waals surface area contributed by atoms with Crippen LogP contribution in [0, 0.1) is 5.92 Å². The molecule has 0 saturated heterocycles. The van der Waals surface area contributed by atoms with Gasteiger partial charge in [0, 0.05) is 0 Å². The molecule has 0 radical (unpaired) electrons. The molecule has 0 aromatic heterocycles. The van der Waals surface area contributed by atoms with Crippen LogP contribution in [0.2, 0.25) is 0 Å². The normalized spacial score (nSPS) is 13.9. The van der Waals surface area contributed by atoms with Gasteiger partial charge in [-0.2, -0.15) is 0 Å². The first kappa shape index (κ1) is 7.89. The number of rotatable bonds is 4. The molecule has 0 aliphatic carbocycles. The first-order valence-electron chi connectivity index (χ1n) is 3.07. The van der Waals surface area contributed by atoms with E-state index in [1.807, 2.05) is 6.92 Å². The van der Waals surface area contributed by atoms with Crippen LogP contribution in [0.1, 0.15) is 19.8 Å². The van der Waals surface area contributed by atoms with E-state index in [1.54, 1.807) is 0 Å². The van der Waals surface area contributed by atoms with Crippen LogP contribution in [0.3, 0.4) is 0 Å². The van der Waals surface area contributed by atoms with Gasteiger partial charge in [0.1, 0.15) is 0 Å². The Labute approximate surface area is 50.1 Å². The van der Waals surface area contributed by atoms with Gasteiger partial charge >= 0.3 is 0 Å². The molecular formula is C6H14FN. The van der Waals surface area contributed by atoms with E-state index in [9.17, 15) is 4.39 Å². The highest BCUT2D eigenvalue weighted by Gasteiger charge is 1.97. The summed E-state index contributed by atoms with van der Waals surface area (Å²) >= 11 is 0. The molecule has 0 fully saturated rings. The average molecular weight is 119 g/mol. The Morgan fingerprint density at radius 1 is 1.50 bits per heavy atom. The van der Waals surface area contributed by atoms with Gasteiger partial charge < -0.3 is 5.73 Å². The molecule has 50 valence electrons. The van der Waals surface area contributed by atoms with Crippen molar-refractivity contribution >= 4 is 0 Å². The third kappa shape index (κ3) is 4.06. The van der Waals surface area contributed by atoms with Crippen molar-refractivity contribution in [3.05, 3.63) is 0 Å². The molecular weight excluding hydrogens is 105 g/mol. The molecule has 0 aromatic carbocycles. The maximum absolute atomic E-state index is 11.5. The van der Waals surface area contributed by atoms with E-state index < -0.39 is 0 Å². The topological polar surface area (TPSA) is 26.0 Å². The smallest absolute Gasteiger partial charge is 0.0897 e.